The maximum atomic E-state index is 14.2. The van der Waals surface area contributed by atoms with Crippen molar-refractivity contribution in [1.82, 2.24) is 0 Å². The van der Waals surface area contributed by atoms with E-state index in [1.165, 1.54) is 11.0 Å². The molecule has 0 saturated carbocycles. The van der Waals surface area contributed by atoms with Crippen LogP contribution in [0.4, 0.5) is 11.4 Å². The van der Waals surface area contributed by atoms with Crippen molar-refractivity contribution in [3.63, 3.8) is 0 Å². The Kier molecular flexibility index (Phi) is 7.30. The molecule has 2 saturated heterocycles. The zero-order valence-corrected chi connectivity index (χ0v) is 24.5. The number of ether oxygens (including phenoxy) is 2. The minimum absolute atomic E-state index is 0.0704. The average molecular weight is 595 g/mol. The van der Waals surface area contributed by atoms with Crippen molar-refractivity contribution in [1.29, 1.82) is 0 Å². The first-order chi connectivity index (χ1) is 21.4. The molecule has 2 aromatic carbocycles. The number of fused-ring (bicyclic) bond motifs is 3. The largest absolute Gasteiger partial charge is 0.491 e. The minimum Gasteiger partial charge on any atom is -0.491 e. The van der Waals surface area contributed by atoms with Crippen molar-refractivity contribution in [2.24, 2.45) is 17.8 Å². The molecule has 9 nitrogen and oxygen atoms in total. The van der Waals surface area contributed by atoms with Crippen LogP contribution in [-0.4, -0.2) is 68.0 Å². The second-order valence-corrected chi connectivity index (χ2v) is 12.0. The lowest BCUT2D eigenvalue weighted by Gasteiger charge is -2.42. The molecule has 0 aromatic heterocycles. The first kappa shape index (κ1) is 28.4. The van der Waals surface area contributed by atoms with E-state index in [1.807, 2.05) is 48.5 Å². The molecule has 44 heavy (non-hydrogen) atoms. The van der Waals surface area contributed by atoms with Crippen LogP contribution >= 0.6 is 0 Å². The number of hydrogen-bond donors (Lipinski definition) is 1. The van der Waals surface area contributed by atoms with Crippen molar-refractivity contribution in [2.75, 3.05) is 49.3 Å². The van der Waals surface area contributed by atoms with Crippen LogP contribution in [0.5, 0.6) is 5.75 Å². The third kappa shape index (κ3) is 4.53. The summed E-state index contributed by atoms with van der Waals surface area (Å²) < 4.78 is 11.3. The number of ketones is 2. The number of amides is 2. The van der Waals surface area contributed by atoms with Gasteiger partial charge in [-0.3, -0.25) is 24.1 Å². The number of morpholine rings is 1. The molecule has 2 aromatic rings. The fourth-order valence-corrected chi connectivity index (χ4v) is 7.63. The SMILES string of the molecule is CC1=CC(=O)C2=C(C[C@@H]3C(=CC[C@@H]4C(=O)N(c5ccc(N6CCOCC6)cc5)C(=O)[C@@H]43)[C@@H]2c2ccccc2OCCO)C1=O. The maximum Gasteiger partial charge on any atom is 0.238 e. The van der Waals surface area contributed by atoms with E-state index >= 15 is 0 Å². The molecule has 4 atom stereocenters. The van der Waals surface area contributed by atoms with Crippen molar-refractivity contribution in [2.45, 2.75) is 25.7 Å². The van der Waals surface area contributed by atoms with Crippen molar-refractivity contribution in [3.8, 4) is 5.75 Å². The number of hydrogen-bond acceptors (Lipinski definition) is 8. The molecule has 2 heterocycles. The topological polar surface area (TPSA) is 113 Å². The highest BCUT2D eigenvalue weighted by molar-refractivity contribution is 6.25. The van der Waals surface area contributed by atoms with Gasteiger partial charge in [-0.2, -0.15) is 0 Å². The summed E-state index contributed by atoms with van der Waals surface area (Å²) in [6.07, 6.45) is 3.98. The summed E-state index contributed by atoms with van der Waals surface area (Å²) in [5.74, 6) is -2.68. The van der Waals surface area contributed by atoms with Crippen molar-refractivity contribution in [3.05, 3.63) is 88.5 Å². The number of carbonyl (C=O) groups excluding carboxylic acids is 4. The first-order valence-corrected chi connectivity index (χ1v) is 15.2. The van der Waals surface area contributed by atoms with Crippen molar-refractivity contribution < 1.29 is 33.8 Å². The van der Waals surface area contributed by atoms with E-state index in [-0.39, 0.29) is 43.0 Å². The Bertz CT molecular complexity index is 1650. The molecule has 2 amide bonds. The van der Waals surface area contributed by atoms with Crippen LogP contribution < -0.4 is 14.5 Å². The molecule has 2 fully saturated rings. The molecule has 3 aliphatic carbocycles. The molecule has 0 radical (unpaired) electrons. The summed E-state index contributed by atoms with van der Waals surface area (Å²) in [5.41, 5.74) is 4.30. The number of nitrogens with zero attached hydrogens (tertiary/aromatic N) is 2. The molecule has 0 bridgehead atoms. The number of para-hydroxylation sites is 1. The summed E-state index contributed by atoms with van der Waals surface area (Å²) in [5, 5.41) is 9.43. The van der Waals surface area contributed by atoms with Crippen LogP contribution in [0.2, 0.25) is 0 Å². The monoisotopic (exact) mass is 594 g/mol. The van der Waals surface area contributed by atoms with Crippen molar-refractivity contribution >= 4 is 34.8 Å². The predicted molar refractivity (Wildman–Crippen MR) is 162 cm³/mol. The Morgan fingerprint density at radius 1 is 0.932 bits per heavy atom. The summed E-state index contributed by atoms with van der Waals surface area (Å²) >= 11 is 0. The molecular weight excluding hydrogens is 560 g/mol. The predicted octanol–water partition coefficient (Wildman–Crippen LogP) is 3.53. The third-order valence-electron chi connectivity index (χ3n) is 9.63. The number of rotatable bonds is 6. The Hall–Kier alpha value is -4.34. The van der Waals surface area contributed by atoms with E-state index in [0.29, 0.717) is 53.4 Å². The second kappa shape index (κ2) is 11.3. The summed E-state index contributed by atoms with van der Waals surface area (Å²) in [6, 6.07) is 14.8. The quantitative estimate of drug-likeness (QED) is 0.307. The second-order valence-electron chi connectivity index (χ2n) is 12.0. The highest BCUT2D eigenvalue weighted by atomic mass is 16.5. The van der Waals surface area contributed by atoms with Gasteiger partial charge in [0.1, 0.15) is 12.4 Å². The van der Waals surface area contributed by atoms with Crippen LogP contribution in [0.25, 0.3) is 0 Å². The highest BCUT2D eigenvalue weighted by Crippen LogP contribution is 2.56. The lowest BCUT2D eigenvalue weighted by Crippen LogP contribution is -2.40. The van der Waals surface area contributed by atoms with Gasteiger partial charge < -0.3 is 19.5 Å². The lowest BCUT2D eigenvalue weighted by atomic mass is 9.59. The summed E-state index contributed by atoms with van der Waals surface area (Å²) in [6.45, 7) is 4.41. The maximum absolute atomic E-state index is 14.2. The van der Waals surface area contributed by atoms with Gasteiger partial charge in [-0.05, 0) is 62.1 Å². The van der Waals surface area contributed by atoms with E-state index in [0.717, 1.165) is 24.4 Å². The van der Waals surface area contributed by atoms with Gasteiger partial charge in [-0.15, -0.1) is 0 Å². The molecule has 2 aliphatic heterocycles. The lowest BCUT2D eigenvalue weighted by molar-refractivity contribution is -0.123. The Morgan fingerprint density at radius 2 is 1.66 bits per heavy atom. The third-order valence-corrected chi connectivity index (χ3v) is 9.63. The molecule has 1 N–H and O–H groups in total. The van der Waals surface area contributed by atoms with E-state index in [1.54, 1.807) is 13.0 Å². The zero-order chi connectivity index (χ0) is 30.5. The van der Waals surface area contributed by atoms with Gasteiger partial charge >= 0.3 is 0 Å². The zero-order valence-electron chi connectivity index (χ0n) is 24.5. The number of anilines is 2. The first-order valence-electron chi connectivity index (χ1n) is 15.2. The fraction of sp³-hybridized carbons (Fsp3) is 0.371. The van der Waals surface area contributed by atoms with E-state index in [9.17, 15) is 24.3 Å². The molecule has 0 unspecified atom stereocenters. The van der Waals surface area contributed by atoms with Gasteiger partial charge in [0.2, 0.25) is 11.8 Å². The molecular formula is C35H34N2O7. The van der Waals surface area contributed by atoms with Gasteiger partial charge in [0, 0.05) is 47.0 Å². The van der Waals surface area contributed by atoms with Gasteiger partial charge in [-0.1, -0.05) is 29.8 Å². The minimum atomic E-state index is -0.655. The Labute approximate surface area is 255 Å². The highest BCUT2D eigenvalue weighted by Gasteiger charge is 2.56. The standard InChI is InChI=1S/C35H34N2O7/c1-20-18-28(39)32-27(33(20)40)19-26-23(30(32)24-4-2-3-5-29(24)44-17-14-38)10-11-25-31(26)35(42)37(34(25)41)22-8-6-21(7-9-22)36-12-15-43-16-13-36/h2-10,18,25-26,30-31,38H,11-17,19H2,1H3/t25-,26+,30+,31-/m0/s1. The normalized spacial score (nSPS) is 26.7. The van der Waals surface area contributed by atoms with Crippen LogP contribution in [0, 0.1) is 17.8 Å². The number of aliphatic hydroxyl groups is 1. The number of allylic oxidation sites excluding steroid dienone is 6. The summed E-state index contributed by atoms with van der Waals surface area (Å²) in [4.78, 5) is 58.7. The van der Waals surface area contributed by atoms with Crippen LogP contribution in [0.3, 0.4) is 0 Å². The molecule has 5 aliphatic rings. The van der Waals surface area contributed by atoms with E-state index < -0.39 is 23.7 Å². The molecule has 7 rings (SSSR count). The number of aliphatic hydroxyl groups excluding tert-OH is 1. The average Bonchev–Trinajstić information content (AvgIpc) is 3.31. The van der Waals surface area contributed by atoms with Gasteiger partial charge in [0.05, 0.1) is 37.3 Å². The number of carbonyl (C=O) groups is 4. The van der Waals surface area contributed by atoms with E-state index in [4.69, 9.17) is 9.47 Å². The smallest absolute Gasteiger partial charge is 0.238 e. The van der Waals surface area contributed by atoms with E-state index in [2.05, 4.69) is 4.90 Å². The molecule has 0 spiro atoms. The van der Waals surface area contributed by atoms with Crippen LogP contribution in [-0.2, 0) is 23.9 Å². The fourth-order valence-electron chi connectivity index (χ4n) is 7.63. The van der Waals surface area contributed by atoms with Crippen LogP contribution in [0.1, 0.15) is 31.2 Å². The number of Topliss-reactive ketones (excluding diaryl/α,β-unsaturated/α-hetero) is 1. The van der Waals surface area contributed by atoms with Gasteiger partial charge in [0.25, 0.3) is 0 Å². The molecule has 226 valence electrons. The summed E-state index contributed by atoms with van der Waals surface area (Å²) in [7, 11) is 0. The molecule has 9 heteroatoms. The number of benzene rings is 2. The Morgan fingerprint density at radius 3 is 2.41 bits per heavy atom. The number of imide groups is 1. The Balaban J connectivity index is 1.27. The van der Waals surface area contributed by atoms with Crippen LogP contribution in [0.15, 0.2) is 83.0 Å². The van der Waals surface area contributed by atoms with Gasteiger partial charge in [0.15, 0.2) is 11.6 Å². The van der Waals surface area contributed by atoms with Gasteiger partial charge in [-0.25, -0.2) is 0 Å².